The van der Waals surface area contributed by atoms with Crippen LogP contribution < -0.4 is 0 Å². The second-order valence-corrected chi connectivity index (χ2v) is 11.2. The Labute approximate surface area is 228 Å². The SMILES string of the molecule is CCC(COC(=O)CCSCCCc1cc2ccccc2[nH]1)(CC(CS)C(=O)O)CC(CS)C(=O)O. The average Bonchev–Trinajstić information content (AvgIpc) is 3.28. The molecular formula is C26H37NO6S3. The topological polar surface area (TPSA) is 117 Å². The summed E-state index contributed by atoms with van der Waals surface area (Å²) in [7, 11) is 0. The number of benzene rings is 1. The molecule has 0 aliphatic carbocycles. The lowest BCUT2D eigenvalue weighted by Gasteiger charge is -2.36. The lowest BCUT2D eigenvalue weighted by molar-refractivity contribution is -0.150. The minimum atomic E-state index is -0.990. The zero-order valence-electron chi connectivity index (χ0n) is 20.6. The Kier molecular flexibility index (Phi) is 13.1. The molecule has 200 valence electrons. The number of para-hydroxylation sites is 1. The number of carbonyl (C=O) groups is 3. The maximum Gasteiger partial charge on any atom is 0.307 e. The van der Waals surface area contributed by atoms with E-state index in [4.69, 9.17) is 4.74 Å². The zero-order valence-corrected chi connectivity index (χ0v) is 23.3. The van der Waals surface area contributed by atoms with Gasteiger partial charge in [-0.05, 0) is 55.4 Å². The van der Waals surface area contributed by atoms with Crippen LogP contribution >= 0.6 is 37.0 Å². The molecule has 36 heavy (non-hydrogen) atoms. The molecule has 0 spiro atoms. The fourth-order valence-corrected chi connectivity index (χ4v) is 5.73. The van der Waals surface area contributed by atoms with E-state index in [2.05, 4.69) is 48.4 Å². The number of carboxylic acids is 2. The van der Waals surface area contributed by atoms with Crippen LogP contribution in [0.3, 0.4) is 0 Å². The highest BCUT2D eigenvalue weighted by Crippen LogP contribution is 2.38. The number of aryl methyl sites for hydroxylation is 1. The Morgan fingerprint density at radius 1 is 1.06 bits per heavy atom. The van der Waals surface area contributed by atoms with Crippen LogP contribution in [0.5, 0.6) is 0 Å². The number of thiol groups is 2. The molecule has 0 aliphatic rings. The van der Waals surface area contributed by atoms with Gasteiger partial charge in [0.1, 0.15) is 0 Å². The van der Waals surface area contributed by atoms with Gasteiger partial charge in [-0.25, -0.2) is 0 Å². The highest BCUT2D eigenvalue weighted by molar-refractivity contribution is 7.99. The predicted octanol–water partition coefficient (Wildman–Crippen LogP) is 5.20. The normalized spacial score (nSPS) is 14.8. The number of thioether (sulfide) groups is 1. The van der Waals surface area contributed by atoms with E-state index in [-0.39, 0.29) is 43.3 Å². The molecule has 7 nitrogen and oxygen atoms in total. The van der Waals surface area contributed by atoms with Gasteiger partial charge in [0.05, 0.1) is 24.9 Å². The lowest BCUT2D eigenvalue weighted by atomic mass is 9.72. The number of aliphatic carboxylic acids is 2. The molecule has 0 aliphatic heterocycles. The minimum Gasteiger partial charge on any atom is -0.481 e. The van der Waals surface area contributed by atoms with Crippen molar-refractivity contribution in [3.05, 3.63) is 36.0 Å². The molecule has 1 aromatic heterocycles. The zero-order chi connectivity index (χ0) is 26.6. The molecule has 0 amide bonds. The van der Waals surface area contributed by atoms with Gasteiger partial charge in [0.25, 0.3) is 0 Å². The van der Waals surface area contributed by atoms with Crippen LogP contribution in [-0.2, 0) is 25.5 Å². The van der Waals surface area contributed by atoms with Gasteiger partial charge < -0.3 is 19.9 Å². The smallest absolute Gasteiger partial charge is 0.307 e. The molecule has 3 N–H and O–H groups in total. The molecule has 2 atom stereocenters. The molecule has 0 saturated heterocycles. The van der Waals surface area contributed by atoms with Crippen molar-refractivity contribution in [1.29, 1.82) is 0 Å². The third-order valence-electron chi connectivity index (χ3n) is 6.56. The number of rotatable bonds is 18. The summed E-state index contributed by atoms with van der Waals surface area (Å²) < 4.78 is 5.57. The summed E-state index contributed by atoms with van der Waals surface area (Å²) in [5, 5.41) is 20.2. The number of nitrogens with one attached hydrogen (secondary N) is 1. The lowest BCUT2D eigenvalue weighted by Crippen LogP contribution is -2.37. The number of H-pyrrole nitrogens is 1. The highest BCUT2D eigenvalue weighted by atomic mass is 32.2. The first kappa shape index (κ1) is 30.4. The first-order chi connectivity index (χ1) is 17.2. The van der Waals surface area contributed by atoms with E-state index in [1.165, 1.54) is 11.1 Å². The summed E-state index contributed by atoms with van der Waals surface area (Å²) in [5.74, 6) is -2.04. The molecule has 0 saturated carbocycles. The van der Waals surface area contributed by atoms with Crippen molar-refractivity contribution >= 4 is 65.8 Å². The van der Waals surface area contributed by atoms with Crippen molar-refractivity contribution in [3.63, 3.8) is 0 Å². The molecule has 0 radical (unpaired) electrons. The van der Waals surface area contributed by atoms with Gasteiger partial charge in [-0.2, -0.15) is 37.0 Å². The van der Waals surface area contributed by atoms with E-state index >= 15 is 0 Å². The number of carboxylic acid groups (broad SMARTS) is 2. The van der Waals surface area contributed by atoms with Crippen molar-refractivity contribution in [3.8, 4) is 0 Å². The number of aromatic nitrogens is 1. The maximum atomic E-state index is 12.4. The molecule has 10 heteroatoms. The summed E-state index contributed by atoms with van der Waals surface area (Å²) >= 11 is 10.0. The van der Waals surface area contributed by atoms with E-state index < -0.39 is 29.2 Å². The largest absolute Gasteiger partial charge is 0.481 e. The molecule has 0 fully saturated rings. The summed E-state index contributed by atoms with van der Waals surface area (Å²) in [6, 6.07) is 10.4. The van der Waals surface area contributed by atoms with E-state index in [9.17, 15) is 24.6 Å². The number of aromatic amines is 1. The number of fused-ring (bicyclic) bond motifs is 1. The van der Waals surface area contributed by atoms with Gasteiger partial charge in [0.2, 0.25) is 0 Å². The Morgan fingerprint density at radius 2 is 1.69 bits per heavy atom. The van der Waals surface area contributed by atoms with Crippen molar-refractivity contribution in [1.82, 2.24) is 4.98 Å². The number of esters is 1. The average molecular weight is 556 g/mol. The third kappa shape index (κ3) is 9.59. The van der Waals surface area contributed by atoms with Crippen molar-refractivity contribution in [2.45, 2.75) is 45.4 Å². The monoisotopic (exact) mass is 555 g/mol. The minimum absolute atomic E-state index is 0.0114. The van der Waals surface area contributed by atoms with Gasteiger partial charge in [0, 0.05) is 33.9 Å². The summed E-state index contributed by atoms with van der Waals surface area (Å²) in [6.07, 6.45) is 3.05. The number of carbonyl (C=O) groups excluding carboxylic acids is 1. The second kappa shape index (κ2) is 15.5. The van der Waals surface area contributed by atoms with Crippen LogP contribution in [0.4, 0.5) is 0 Å². The fraction of sp³-hybridized carbons (Fsp3) is 0.577. The van der Waals surface area contributed by atoms with Gasteiger partial charge >= 0.3 is 17.9 Å². The van der Waals surface area contributed by atoms with Gasteiger partial charge in [0.15, 0.2) is 0 Å². The van der Waals surface area contributed by atoms with Crippen LogP contribution in [0.2, 0.25) is 0 Å². The number of hydrogen-bond donors (Lipinski definition) is 5. The molecule has 0 bridgehead atoms. The van der Waals surface area contributed by atoms with Crippen molar-refractivity contribution < 1.29 is 29.3 Å². The standard InChI is InChI=1S/C26H37NO6S3/c1-2-26(13-19(15-34)24(29)30,14-20(16-35)25(31)32)17-33-23(28)9-11-36-10-5-7-21-12-18-6-3-4-8-22(18)27-21/h3-4,6,8,12,19-20,27,34-35H,2,5,7,9-11,13-17H2,1H3,(H,29,30)(H,31,32). The summed E-state index contributed by atoms with van der Waals surface area (Å²) in [4.78, 5) is 39.1. The van der Waals surface area contributed by atoms with E-state index in [1.54, 1.807) is 11.8 Å². The first-order valence-corrected chi connectivity index (χ1v) is 14.6. The second-order valence-electron chi connectivity index (χ2n) is 9.21. The molecule has 1 heterocycles. The Bertz CT molecular complexity index is 938. The van der Waals surface area contributed by atoms with E-state index in [0.29, 0.717) is 12.2 Å². The molecule has 2 unspecified atom stereocenters. The van der Waals surface area contributed by atoms with Crippen LogP contribution in [0.25, 0.3) is 10.9 Å². The maximum absolute atomic E-state index is 12.4. The molecular weight excluding hydrogens is 518 g/mol. The highest BCUT2D eigenvalue weighted by Gasteiger charge is 2.38. The molecule has 2 aromatic rings. The Hall–Kier alpha value is -1.78. The molecule has 1 aromatic carbocycles. The summed E-state index contributed by atoms with van der Waals surface area (Å²) in [5.41, 5.74) is 1.58. The third-order valence-corrected chi connectivity index (χ3v) is 8.51. The van der Waals surface area contributed by atoms with Crippen molar-refractivity contribution in [2.75, 3.05) is 29.6 Å². The van der Waals surface area contributed by atoms with Crippen molar-refractivity contribution in [2.24, 2.45) is 17.3 Å². The Balaban J connectivity index is 1.81. The predicted molar refractivity (Wildman–Crippen MR) is 151 cm³/mol. The van der Waals surface area contributed by atoms with Crippen LogP contribution in [0.1, 0.15) is 44.7 Å². The van der Waals surface area contributed by atoms with Crippen LogP contribution in [0.15, 0.2) is 30.3 Å². The van der Waals surface area contributed by atoms with Gasteiger partial charge in [-0.3, -0.25) is 14.4 Å². The Morgan fingerprint density at radius 3 is 2.25 bits per heavy atom. The fourth-order valence-electron chi connectivity index (χ4n) is 4.29. The number of hydrogen-bond acceptors (Lipinski definition) is 7. The molecule has 2 rings (SSSR count). The summed E-state index contributed by atoms with van der Waals surface area (Å²) in [6.45, 7) is 1.86. The van der Waals surface area contributed by atoms with E-state index in [1.807, 2.05) is 19.1 Å². The number of ether oxygens (including phenoxy) is 1. The van der Waals surface area contributed by atoms with Crippen LogP contribution in [0, 0.1) is 17.3 Å². The quantitative estimate of drug-likeness (QED) is 0.0975. The van der Waals surface area contributed by atoms with Gasteiger partial charge in [-0.15, -0.1) is 0 Å². The van der Waals surface area contributed by atoms with E-state index in [0.717, 1.165) is 24.1 Å². The first-order valence-electron chi connectivity index (χ1n) is 12.2. The van der Waals surface area contributed by atoms with Gasteiger partial charge in [-0.1, -0.05) is 25.1 Å². The van der Waals surface area contributed by atoms with Crippen LogP contribution in [-0.4, -0.2) is 62.7 Å².